The number of hydrogen-bond acceptors (Lipinski definition) is 2. The van der Waals surface area contributed by atoms with Crippen molar-refractivity contribution in [3.63, 3.8) is 0 Å². The van der Waals surface area contributed by atoms with Gasteiger partial charge in [-0.25, -0.2) is 0 Å². The zero-order chi connectivity index (χ0) is 8.15. The maximum atomic E-state index is 10.6. The lowest BCUT2D eigenvalue weighted by molar-refractivity contribution is -0.111. The summed E-state index contributed by atoms with van der Waals surface area (Å²) in [4.78, 5) is 14.3. The summed E-state index contributed by atoms with van der Waals surface area (Å²) in [6.07, 6.45) is 0.704. The minimum Gasteiger partial charge on any atom is -0.364 e. The Kier molecular flexibility index (Phi) is 3.39. The Bertz CT molecular complexity index is 182. The summed E-state index contributed by atoms with van der Waals surface area (Å²) >= 11 is 0. The quantitative estimate of drug-likeness (QED) is 0.570. The number of amides is 1. The van der Waals surface area contributed by atoms with Crippen LogP contribution in [0.1, 0.15) is 13.3 Å². The molecule has 0 fully saturated rings. The standard InChI is InChI=1S/C7H12N2O/c1-4-5(2)6(9-3)7(8)10/h2,4H2,1,3H3,(H2,8,10). The molecule has 0 rings (SSSR count). The first-order chi connectivity index (χ1) is 4.63. The number of aliphatic imine (C=N–C) groups is 1. The van der Waals surface area contributed by atoms with E-state index in [1.54, 1.807) is 0 Å². The Labute approximate surface area is 60.6 Å². The molecule has 0 saturated heterocycles. The average Bonchev–Trinajstić information content (AvgIpc) is 1.88. The first-order valence-corrected chi connectivity index (χ1v) is 3.08. The van der Waals surface area contributed by atoms with E-state index in [4.69, 9.17) is 5.73 Å². The van der Waals surface area contributed by atoms with Crippen LogP contribution in [0.25, 0.3) is 0 Å². The molecule has 3 heteroatoms. The highest BCUT2D eigenvalue weighted by molar-refractivity contribution is 6.44. The first-order valence-electron chi connectivity index (χ1n) is 3.08. The molecule has 0 saturated carbocycles. The highest BCUT2D eigenvalue weighted by Gasteiger charge is 2.07. The number of hydrogen-bond donors (Lipinski definition) is 1. The summed E-state index contributed by atoms with van der Waals surface area (Å²) in [5.74, 6) is -0.505. The molecule has 0 spiro atoms. The van der Waals surface area contributed by atoms with Gasteiger partial charge in [0.2, 0.25) is 0 Å². The Hall–Kier alpha value is -1.12. The average molecular weight is 140 g/mol. The van der Waals surface area contributed by atoms with Crippen molar-refractivity contribution in [1.82, 2.24) is 0 Å². The second-order valence-corrected chi connectivity index (χ2v) is 1.89. The van der Waals surface area contributed by atoms with Crippen LogP contribution in [-0.2, 0) is 4.79 Å². The van der Waals surface area contributed by atoms with E-state index in [1.807, 2.05) is 6.92 Å². The van der Waals surface area contributed by atoms with Gasteiger partial charge in [0.05, 0.1) is 0 Å². The van der Waals surface area contributed by atoms with E-state index in [9.17, 15) is 4.79 Å². The molecule has 0 aliphatic heterocycles. The lowest BCUT2D eigenvalue weighted by atomic mass is 10.1. The van der Waals surface area contributed by atoms with Crippen molar-refractivity contribution in [2.75, 3.05) is 7.05 Å². The monoisotopic (exact) mass is 140 g/mol. The molecule has 1 amide bonds. The Morgan fingerprint density at radius 2 is 2.20 bits per heavy atom. The second kappa shape index (κ2) is 3.82. The summed E-state index contributed by atoms with van der Waals surface area (Å²) in [5.41, 5.74) is 5.98. The van der Waals surface area contributed by atoms with Gasteiger partial charge in [-0.1, -0.05) is 13.5 Å². The van der Waals surface area contributed by atoms with Crippen LogP contribution in [0.3, 0.4) is 0 Å². The first kappa shape index (κ1) is 8.88. The summed E-state index contributed by atoms with van der Waals surface area (Å²) in [7, 11) is 1.53. The van der Waals surface area contributed by atoms with Gasteiger partial charge < -0.3 is 5.73 Å². The maximum Gasteiger partial charge on any atom is 0.267 e. The summed E-state index contributed by atoms with van der Waals surface area (Å²) < 4.78 is 0. The molecule has 2 N–H and O–H groups in total. The number of rotatable bonds is 3. The van der Waals surface area contributed by atoms with Gasteiger partial charge in [-0.05, 0) is 12.0 Å². The van der Waals surface area contributed by atoms with E-state index >= 15 is 0 Å². The van der Waals surface area contributed by atoms with E-state index in [-0.39, 0.29) is 0 Å². The smallest absolute Gasteiger partial charge is 0.267 e. The van der Waals surface area contributed by atoms with Crippen LogP contribution in [0.2, 0.25) is 0 Å². The third kappa shape index (κ3) is 2.01. The summed E-state index contributed by atoms with van der Waals surface area (Å²) in [6, 6.07) is 0. The SMILES string of the molecule is C=C(CC)C(=NC)C(N)=O. The van der Waals surface area contributed by atoms with Crippen LogP contribution in [0, 0.1) is 0 Å². The Balaban J connectivity index is 4.39. The molecule has 0 aliphatic rings. The van der Waals surface area contributed by atoms with Crippen molar-refractivity contribution >= 4 is 11.6 Å². The fourth-order valence-corrected chi connectivity index (χ4v) is 0.610. The normalized spacial score (nSPS) is 11.2. The molecule has 0 radical (unpaired) electrons. The number of nitrogens with two attached hydrogens (primary N) is 1. The number of carbonyl (C=O) groups excluding carboxylic acids is 1. The van der Waals surface area contributed by atoms with Crippen LogP contribution >= 0.6 is 0 Å². The molecule has 0 aromatic carbocycles. The van der Waals surface area contributed by atoms with Gasteiger partial charge in [0.25, 0.3) is 5.91 Å². The molecule has 0 bridgehead atoms. The van der Waals surface area contributed by atoms with Crippen molar-refractivity contribution in [3.8, 4) is 0 Å². The molecule has 0 aromatic heterocycles. The zero-order valence-corrected chi connectivity index (χ0v) is 6.35. The zero-order valence-electron chi connectivity index (χ0n) is 6.35. The van der Waals surface area contributed by atoms with Crippen LogP contribution in [0.4, 0.5) is 0 Å². The second-order valence-electron chi connectivity index (χ2n) is 1.89. The molecular weight excluding hydrogens is 128 g/mol. The third-order valence-electron chi connectivity index (χ3n) is 1.22. The van der Waals surface area contributed by atoms with Gasteiger partial charge in [0.15, 0.2) is 0 Å². The highest BCUT2D eigenvalue weighted by atomic mass is 16.1. The lowest BCUT2D eigenvalue weighted by Gasteiger charge is -2.00. The van der Waals surface area contributed by atoms with Crippen LogP contribution < -0.4 is 5.73 Å². The fraction of sp³-hybridized carbons (Fsp3) is 0.429. The molecule has 10 heavy (non-hydrogen) atoms. The van der Waals surface area contributed by atoms with Gasteiger partial charge >= 0.3 is 0 Å². The minimum atomic E-state index is -0.505. The molecule has 56 valence electrons. The van der Waals surface area contributed by atoms with Crippen molar-refractivity contribution in [3.05, 3.63) is 12.2 Å². The van der Waals surface area contributed by atoms with Crippen molar-refractivity contribution in [2.45, 2.75) is 13.3 Å². The molecule has 0 unspecified atom stereocenters. The van der Waals surface area contributed by atoms with Crippen LogP contribution in [0.5, 0.6) is 0 Å². The lowest BCUT2D eigenvalue weighted by Crippen LogP contribution is -2.24. The molecule has 0 aliphatic carbocycles. The van der Waals surface area contributed by atoms with Crippen molar-refractivity contribution in [1.29, 1.82) is 0 Å². The predicted molar refractivity (Wildman–Crippen MR) is 42.0 cm³/mol. The van der Waals surface area contributed by atoms with Gasteiger partial charge in [-0.2, -0.15) is 0 Å². The molecule has 0 aromatic rings. The van der Waals surface area contributed by atoms with E-state index in [0.29, 0.717) is 17.7 Å². The van der Waals surface area contributed by atoms with Gasteiger partial charge in [-0.3, -0.25) is 9.79 Å². The number of nitrogens with zero attached hydrogens (tertiary/aromatic N) is 1. The number of carbonyl (C=O) groups is 1. The molecule has 0 heterocycles. The Morgan fingerprint density at radius 1 is 1.70 bits per heavy atom. The molecular formula is C7H12N2O. The minimum absolute atomic E-state index is 0.294. The van der Waals surface area contributed by atoms with Crippen LogP contribution in [0.15, 0.2) is 17.1 Å². The van der Waals surface area contributed by atoms with E-state index in [2.05, 4.69) is 11.6 Å². The van der Waals surface area contributed by atoms with Gasteiger partial charge in [-0.15, -0.1) is 0 Å². The summed E-state index contributed by atoms with van der Waals surface area (Å²) in [6.45, 7) is 5.53. The molecule has 3 nitrogen and oxygen atoms in total. The van der Waals surface area contributed by atoms with E-state index < -0.39 is 5.91 Å². The third-order valence-corrected chi connectivity index (χ3v) is 1.22. The maximum absolute atomic E-state index is 10.6. The van der Waals surface area contributed by atoms with Crippen LogP contribution in [-0.4, -0.2) is 18.7 Å². The summed E-state index contributed by atoms with van der Waals surface area (Å²) in [5, 5.41) is 0. The largest absolute Gasteiger partial charge is 0.364 e. The highest BCUT2D eigenvalue weighted by Crippen LogP contribution is 1.98. The van der Waals surface area contributed by atoms with E-state index in [1.165, 1.54) is 7.05 Å². The van der Waals surface area contributed by atoms with E-state index in [0.717, 1.165) is 0 Å². The number of primary amides is 1. The Morgan fingerprint density at radius 3 is 2.30 bits per heavy atom. The van der Waals surface area contributed by atoms with Crippen molar-refractivity contribution in [2.24, 2.45) is 10.7 Å². The topological polar surface area (TPSA) is 55.4 Å². The predicted octanol–water partition coefficient (Wildman–Crippen LogP) is 0.509. The molecule has 0 atom stereocenters. The van der Waals surface area contributed by atoms with Gasteiger partial charge in [0, 0.05) is 7.05 Å². The van der Waals surface area contributed by atoms with Gasteiger partial charge in [0.1, 0.15) is 5.71 Å². The van der Waals surface area contributed by atoms with Crippen molar-refractivity contribution < 1.29 is 4.79 Å². The fourth-order valence-electron chi connectivity index (χ4n) is 0.610.